The molecule has 1 aliphatic rings. The van der Waals surface area contributed by atoms with E-state index in [2.05, 4.69) is 10.4 Å². The first-order valence-electron chi connectivity index (χ1n) is 7.22. The van der Waals surface area contributed by atoms with E-state index < -0.39 is 0 Å². The van der Waals surface area contributed by atoms with Crippen molar-refractivity contribution in [1.82, 2.24) is 4.98 Å². The molecular weight excluding hydrogens is 282 g/mol. The number of nitrogens with zero attached hydrogens (tertiary/aromatic N) is 1. The van der Waals surface area contributed by atoms with Gasteiger partial charge >= 0.3 is 0 Å². The van der Waals surface area contributed by atoms with E-state index >= 15 is 0 Å². The van der Waals surface area contributed by atoms with Crippen molar-refractivity contribution >= 4 is 22.9 Å². The van der Waals surface area contributed by atoms with E-state index in [4.69, 9.17) is 0 Å². The number of thiazole rings is 1. The maximum atomic E-state index is 12.4. The van der Waals surface area contributed by atoms with Gasteiger partial charge in [-0.25, -0.2) is 4.98 Å². The largest absolute Gasteiger partial charge is 0.294 e. The summed E-state index contributed by atoms with van der Waals surface area (Å²) in [6.45, 7) is 1.99. The third-order valence-corrected chi connectivity index (χ3v) is 4.77. The highest BCUT2D eigenvalue weighted by atomic mass is 32.1. The first kappa shape index (κ1) is 14.1. The summed E-state index contributed by atoms with van der Waals surface area (Å²) in [6.07, 6.45) is 2.89. The second-order valence-electron chi connectivity index (χ2n) is 5.48. The van der Waals surface area contributed by atoms with Crippen molar-refractivity contribution in [3.63, 3.8) is 0 Å². The van der Waals surface area contributed by atoms with Crippen molar-refractivity contribution in [2.75, 3.05) is 0 Å². The molecule has 0 bridgehead atoms. The maximum Gasteiger partial charge on any atom is 0.167 e. The smallest absolute Gasteiger partial charge is 0.167 e. The Morgan fingerprint density at radius 1 is 1.24 bits per heavy atom. The van der Waals surface area contributed by atoms with Crippen LogP contribution >= 0.6 is 11.3 Å². The van der Waals surface area contributed by atoms with Crippen LogP contribution in [0.25, 0.3) is 0 Å². The molecule has 1 unspecified atom stereocenters. The molecule has 1 heterocycles. The molecule has 0 spiro atoms. The molecular formula is C17H17NO2S. The Balaban J connectivity index is 1.65. The molecule has 0 N–H and O–H groups in total. The van der Waals surface area contributed by atoms with Gasteiger partial charge in [-0.3, -0.25) is 9.59 Å². The van der Waals surface area contributed by atoms with Crippen LogP contribution in [0, 0.1) is 12.8 Å². The first-order chi connectivity index (χ1) is 10.1. The summed E-state index contributed by atoms with van der Waals surface area (Å²) in [7, 11) is 0. The Labute approximate surface area is 128 Å². The molecule has 0 fully saturated rings. The molecule has 1 aliphatic carbocycles. The zero-order valence-corrected chi connectivity index (χ0v) is 12.8. The lowest BCUT2D eigenvalue weighted by Gasteiger charge is -2.22. The molecule has 0 radical (unpaired) electrons. The highest BCUT2D eigenvalue weighted by Crippen LogP contribution is 2.28. The maximum absolute atomic E-state index is 12.4. The van der Waals surface area contributed by atoms with Crippen LogP contribution in [-0.2, 0) is 6.42 Å². The van der Waals surface area contributed by atoms with Crippen molar-refractivity contribution in [1.29, 1.82) is 0 Å². The Morgan fingerprint density at radius 3 is 2.71 bits per heavy atom. The monoisotopic (exact) mass is 299 g/mol. The van der Waals surface area contributed by atoms with Gasteiger partial charge in [0.25, 0.3) is 0 Å². The summed E-state index contributed by atoms with van der Waals surface area (Å²) < 4.78 is 0. The molecule has 1 atom stereocenters. The van der Waals surface area contributed by atoms with Crippen LogP contribution in [0.15, 0.2) is 29.6 Å². The van der Waals surface area contributed by atoms with Crippen LogP contribution in [0.1, 0.15) is 50.7 Å². The Hall–Kier alpha value is -1.81. The van der Waals surface area contributed by atoms with E-state index in [1.54, 1.807) is 23.5 Å². The summed E-state index contributed by atoms with van der Waals surface area (Å²) in [5, 5.41) is 3.14. The molecule has 0 saturated carbocycles. The number of benzene rings is 1. The second-order valence-corrected chi connectivity index (χ2v) is 6.55. The highest BCUT2D eigenvalue weighted by molar-refractivity contribution is 7.09. The lowest BCUT2D eigenvalue weighted by atomic mass is 9.79. The topological polar surface area (TPSA) is 47.0 Å². The fourth-order valence-electron chi connectivity index (χ4n) is 2.87. The molecule has 0 aliphatic heterocycles. The normalized spacial score (nSPS) is 17.9. The van der Waals surface area contributed by atoms with Gasteiger partial charge < -0.3 is 0 Å². The zero-order valence-electron chi connectivity index (χ0n) is 12.0. The molecule has 0 amide bonds. The third-order valence-electron chi connectivity index (χ3n) is 3.95. The summed E-state index contributed by atoms with van der Waals surface area (Å²) in [6, 6.07) is 7.16. The number of ketones is 2. The van der Waals surface area contributed by atoms with Gasteiger partial charge in [-0.05, 0) is 26.2 Å². The van der Waals surface area contributed by atoms with Crippen LogP contribution in [0.5, 0.6) is 0 Å². The molecule has 4 heteroatoms. The average Bonchev–Trinajstić information content (AvgIpc) is 2.90. The number of aromatic nitrogens is 1. The van der Waals surface area contributed by atoms with Crippen molar-refractivity contribution in [2.45, 2.75) is 32.6 Å². The van der Waals surface area contributed by atoms with Gasteiger partial charge in [-0.15, -0.1) is 11.3 Å². The lowest BCUT2D eigenvalue weighted by Crippen LogP contribution is -2.27. The Bertz CT molecular complexity index is 690. The zero-order chi connectivity index (χ0) is 14.8. The number of hydrogen-bond acceptors (Lipinski definition) is 4. The molecule has 1 aromatic carbocycles. The predicted molar refractivity (Wildman–Crippen MR) is 83.0 cm³/mol. The third kappa shape index (κ3) is 2.95. The summed E-state index contributed by atoms with van der Waals surface area (Å²) in [5.74, 6) is 0.0616. The quantitative estimate of drug-likeness (QED) is 0.861. The van der Waals surface area contributed by atoms with Gasteiger partial charge in [-0.2, -0.15) is 0 Å². The highest BCUT2D eigenvalue weighted by Gasteiger charge is 2.31. The van der Waals surface area contributed by atoms with Gasteiger partial charge in [0, 0.05) is 28.8 Å². The van der Waals surface area contributed by atoms with Crippen molar-refractivity contribution in [3.05, 3.63) is 51.5 Å². The number of Topliss-reactive ketones (excluding diaryl/α,β-unsaturated/α-hetero) is 2. The van der Waals surface area contributed by atoms with E-state index in [1.165, 1.54) is 0 Å². The Morgan fingerprint density at radius 2 is 2.00 bits per heavy atom. The van der Waals surface area contributed by atoms with Gasteiger partial charge in [0.15, 0.2) is 11.6 Å². The van der Waals surface area contributed by atoms with Gasteiger partial charge in [0.1, 0.15) is 0 Å². The molecule has 21 heavy (non-hydrogen) atoms. The van der Waals surface area contributed by atoms with Crippen LogP contribution < -0.4 is 0 Å². The number of carbonyl (C=O) groups is 2. The second kappa shape index (κ2) is 5.90. The van der Waals surface area contributed by atoms with Crippen molar-refractivity contribution < 1.29 is 9.59 Å². The number of fused-ring (bicyclic) bond motifs is 1. The predicted octanol–water partition coefficient (Wildman–Crippen LogP) is 3.86. The van der Waals surface area contributed by atoms with E-state index in [0.29, 0.717) is 17.5 Å². The fraction of sp³-hybridized carbons (Fsp3) is 0.353. The number of carbonyl (C=O) groups excluding carboxylic acids is 2. The number of aryl methyl sites for hydroxylation is 2. The minimum atomic E-state index is -0.160. The minimum Gasteiger partial charge on any atom is -0.294 e. The Kier molecular flexibility index (Phi) is 3.97. The molecule has 1 aromatic heterocycles. The number of hydrogen-bond donors (Lipinski definition) is 0. The average molecular weight is 299 g/mol. The van der Waals surface area contributed by atoms with Crippen LogP contribution in [-0.4, -0.2) is 16.6 Å². The van der Waals surface area contributed by atoms with E-state index in [-0.39, 0.29) is 17.5 Å². The van der Waals surface area contributed by atoms with Crippen LogP contribution in [0.2, 0.25) is 0 Å². The van der Waals surface area contributed by atoms with Crippen molar-refractivity contribution in [2.24, 2.45) is 5.92 Å². The summed E-state index contributed by atoms with van der Waals surface area (Å²) >= 11 is 1.65. The van der Waals surface area contributed by atoms with E-state index in [0.717, 1.165) is 30.0 Å². The van der Waals surface area contributed by atoms with E-state index in [1.807, 2.05) is 19.1 Å². The van der Waals surface area contributed by atoms with Gasteiger partial charge in [0.2, 0.25) is 0 Å². The first-order valence-corrected chi connectivity index (χ1v) is 8.10. The molecule has 2 aromatic rings. The van der Waals surface area contributed by atoms with Crippen molar-refractivity contribution in [3.8, 4) is 0 Å². The minimum absolute atomic E-state index is 0.0969. The fourth-order valence-corrected chi connectivity index (χ4v) is 3.52. The lowest BCUT2D eigenvalue weighted by molar-refractivity contribution is 0.0815. The van der Waals surface area contributed by atoms with Gasteiger partial charge in [0.05, 0.1) is 10.7 Å². The van der Waals surface area contributed by atoms with E-state index in [9.17, 15) is 9.59 Å². The SMILES string of the molecule is Cc1nc(CCCC2CC(=O)c3ccccc3C2=O)cs1. The standard InChI is InChI=1S/C17H17NO2S/c1-11-18-13(10-21-11)6-4-5-12-9-16(19)14-7-2-3-8-15(14)17(12)20/h2-3,7-8,10,12H,4-6,9H2,1H3. The summed E-state index contributed by atoms with van der Waals surface area (Å²) in [4.78, 5) is 29.0. The molecule has 0 saturated heterocycles. The van der Waals surface area contributed by atoms with Gasteiger partial charge in [-0.1, -0.05) is 24.3 Å². The molecule has 3 rings (SSSR count). The van der Waals surface area contributed by atoms with Crippen LogP contribution in [0.4, 0.5) is 0 Å². The van der Waals surface area contributed by atoms with Crippen LogP contribution in [0.3, 0.4) is 0 Å². The summed E-state index contributed by atoms with van der Waals surface area (Å²) in [5.41, 5.74) is 2.28. The molecule has 108 valence electrons. The molecule has 3 nitrogen and oxygen atoms in total. The number of rotatable bonds is 4.